The molecule has 11 heteroatoms. The standard InChI is InChI=1S/C21H30F3N3O4S/c1-3-31-21(28)26(2)6-7-32(29,30)27-15-4-5-16(27)9-14(8-15)20(25)11-13-10-18(23)19(24)12-17(13)22/h10,12,14-16,20H,3-9,11,25H2,1-2H3/t14?,15-,16?,20?/m0/s1. The fraction of sp³-hybridized carbons (Fsp3) is 0.667. The normalized spacial score (nSPS) is 24.4. The lowest BCUT2D eigenvalue weighted by molar-refractivity contribution is 0.118. The lowest BCUT2D eigenvalue weighted by Gasteiger charge is -2.40. The molecule has 2 N–H and O–H groups in total. The first-order valence-corrected chi connectivity index (χ1v) is 12.4. The largest absolute Gasteiger partial charge is 0.450 e. The van der Waals surface area contributed by atoms with E-state index in [-0.39, 0.29) is 48.9 Å². The van der Waals surface area contributed by atoms with Crippen molar-refractivity contribution in [3.8, 4) is 0 Å². The summed E-state index contributed by atoms with van der Waals surface area (Å²) >= 11 is 0. The van der Waals surface area contributed by atoms with Crippen LogP contribution < -0.4 is 5.73 Å². The van der Waals surface area contributed by atoms with Gasteiger partial charge in [-0.3, -0.25) is 0 Å². The Labute approximate surface area is 186 Å². The monoisotopic (exact) mass is 477 g/mol. The Morgan fingerprint density at radius 3 is 2.38 bits per heavy atom. The molecule has 0 aliphatic carbocycles. The smallest absolute Gasteiger partial charge is 0.409 e. The molecule has 0 saturated carbocycles. The van der Waals surface area contributed by atoms with Crippen LogP contribution in [0.25, 0.3) is 0 Å². The van der Waals surface area contributed by atoms with Crippen molar-refractivity contribution in [3.05, 3.63) is 35.1 Å². The van der Waals surface area contributed by atoms with Crippen molar-refractivity contribution >= 4 is 16.1 Å². The maximum atomic E-state index is 14.0. The Balaban J connectivity index is 1.62. The molecule has 3 rings (SSSR count). The summed E-state index contributed by atoms with van der Waals surface area (Å²) in [6.07, 6.45) is 1.94. The van der Waals surface area contributed by atoms with Crippen molar-refractivity contribution in [2.45, 2.75) is 57.2 Å². The predicted molar refractivity (Wildman–Crippen MR) is 113 cm³/mol. The highest BCUT2D eigenvalue weighted by atomic mass is 32.2. The Hall–Kier alpha value is -1.85. The number of piperidine rings is 1. The molecule has 7 nitrogen and oxygen atoms in total. The summed E-state index contributed by atoms with van der Waals surface area (Å²) in [5.74, 6) is -3.47. The second-order valence-electron chi connectivity index (χ2n) is 8.61. The van der Waals surface area contributed by atoms with Gasteiger partial charge in [-0.05, 0) is 56.6 Å². The van der Waals surface area contributed by atoms with Crippen LogP contribution in [0.4, 0.5) is 18.0 Å². The summed E-state index contributed by atoms with van der Waals surface area (Å²) in [5, 5.41) is 0. The predicted octanol–water partition coefficient (Wildman–Crippen LogP) is 2.63. The van der Waals surface area contributed by atoms with Gasteiger partial charge >= 0.3 is 6.09 Å². The topological polar surface area (TPSA) is 92.9 Å². The van der Waals surface area contributed by atoms with Crippen molar-refractivity contribution in [1.29, 1.82) is 0 Å². The lowest BCUT2D eigenvalue weighted by Crippen LogP contribution is -2.51. The number of benzene rings is 1. The zero-order chi connectivity index (χ0) is 23.6. The van der Waals surface area contributed by atoms with Crippen LogP contribution in [0.1, 0.15) is 38.2 Å². The molecule has 1 aromatic carbocycles. The molecule has 3 unspecified atom stereocenters. The quantitative estimate of drug-likeness (QED) is 0.581. The highest BCUT2D eigenvalue weighted by Crippen LogP contribution is 2.42. The molecule has 2 saturated heterocycles. The average Bonchev–Trinajstić information content (AvgIpc) is 3.01. The van der Waals surface area contributed by atoms with E-state index >= 15 is 0 Å². The fourth-order valence-electron chi connectivity index (χ4n) is 4.80. The van der Waals surface area contributed by atoms with Gasteiger partial charge in [-0.2, -0.15) is 4.31 Å². The second kappa shape index (κ2) is 9.96. The van der Waals surface area contributed by atoms with Crippen LogP contribution in [0.15, 0.2) is 12.1 Å². The number of fused-ring (bicyclic) bond motifs is 2. The maximum absolute atomic E-state index is 14.0. The molecule has 32 heavy (non-hydrogen) atoms. The zero-order valence-corrected chi connectivity index (χ0v) is 19.1. The van der Waals surface area contributed by atoms with Crippen LogP contribution in [0, 0.1) is 23.4 Å². The molecule has 0 aromatic heterocycles. The Kier molecular flexibility index (Phi) is 7.72. The maximum Gasteiger partial charge on any atom is 0.409 e. The summed E-state index contributed by atoms with van der Waals surface area (Å²) in [6.45, 7) is 1.91. The molecule has 2 bridgehead atoms. The summed E-state index contributed by atoms with van der Waals surface area (Å²) in [4.78, 5) is 13.0. The first-order chi connectivity index (χ1) is 15.0. The molecule has 2 heterocycles. The number of carbonyl (C=O) groups excluding carboxylic acids is 1. The molecule has 2 aliphatic rings. The van der Waals surface area contributed by atoms with E-state index in [4.69, 9.17) is 10.5 Å². The highest BCUT2D eigenvalue weighted by Gasteiger charge is 2.47. The molecule has 4 atom stereocenters. The lowest BCUT2D eigenvalue weighted by atomic mass is 9.83. The fourth-order valence-corrected chi connectivity index (χ4v) is 6.81. The third-order valence-corrected chi connectivity index (χ3v) is 8.38. The van der Waals surface area contributed by atoms with Gasteiger partial charge in [-0.15, -0.1) is 0 Å². The average molecular weight is 478 g/mol. The first-order valence-electron chi connectivity index (χ1n) is 10.8. The highest BCUT2D eigenvalue weighted by molar-refractivity contribution is 7.89. The third-order valence-electron chi connectivity index (χ3n) is 6.44. The van der Waals surface area contributed by atoms with Crippen molar-refractivity contribution < 1.29 is 31.1 Å². The molecule has 0 spiro atoms. The molecule has 2 aliphatic heterocycles. The van der Waals surface area contributed by atoms with E-state index in [2.05, 4.69) is 0 Å². The molecular weight excluding hydrogens is 447 g/mol. The van der Waals surface area contributed by atoms with Gasteiger partial charge in [0.25, 0.3) is 0 Å². The van der Waals surface area contributed by atoms with Crippen molar-refractivity contribution in [2.24, 2.45) is 11.7 Å². The molecule has 1 aromatic rings. The number of rotatable bonds is 8. The second-order valence-corrected chi connectivity index (χ2v) is 10.6. The van der Waals surface area contributed by atoms with Crippen LogP contribution in [0.2, 0.25) is 0 Å². The van der Waals surface area contributed by atoms with Gasteiger partial charge in [0.2, 0.25) is 10.0 Å². The number of nitrogens with zero attached hydrogens (tertiary/aromatic N) is 2. The number of carbonyl (C=O) groups is 1. The molecule has 0 radical (unpaired) electrons. The Morgan fingerprint density at radius 2 is 1.78 bits per heavy atom. The molecule has 2 fully saturated rings. The molecular formula is C21H30F3N3O4S. The minimum Gasteiger partial charge on any atom is -0.450 e. The van der Waals surface area contributed by atoms with E-state index < -0.39 is 39.6 Å². The van der Waals surface area contributed by atoms with Gasteiger partial charge < -0.3 is 15.4 Å². The van der Waals surface area contributed by atoms with Gasteiger partial charge in [0.1, 0.15) is 5.82 Å². The van der Waals surface area contributed by atoms with Gasteiger partial charge in [0.15, 0.2) is 11.6 Å². The van der Waals surface area contributed by atoms with Crippen LogP contribution in [0.3, 0.4) is 0 Å². The number of amides is 1. The van der Waals surface area contributed by atoms with Gasteiger partial charge in [-0.1, -0.05) is 0 Å². The summed E-state index contributed by atoms with van der Waals surface area (Å²) in [7, 11) is -2.11. The third kappa shape index (κ3) is 5.37. The van der Waals surface area contributed by atoms with Crippen molar-refractivity contribution in [2.75, 3.05) is 26.0 Å². The van der Waals surface area contributed by atoms with E-state index in [0.29, 0.717) is 31.7 Å². The van der Waals surface area contributed by atoms with Crippen LogP contribution >= 0.6 is 0 Å². The Morgan fingerprint density at radius 1 is 1.19 bits per heavy atom. The number of halogens is 3. The van der Waals surface area contributed by atoms with E-state index in [9.17, 15) is 26.4 Å². The SMILES string of the molecule is CCOC(=O)N(C)CCS(=O)(=O)N1C2CC[C@H]1CC(C(N)Cc1cc(F)c(F)cc1F)C2. The van der Waals surface area contributed by atoms with Gasteiger partial charge in [0, 0.05) is 37.8 Å². The number of sulfonamides is 1. The van der Waals surface area contributed by atoms with Crippen LogP contribution in [-0.4, -0.2) is 67.8 Å². The minimum absolute atomic E-state index is 0.0146. The van der Waals surface area contributed by atoms with Crippen LogP contribution in [-0.2, 0) is 21.2 Å². The summed E-state index contributed by atoms with van der Waals surface area (Å²) in [6, 6.07) is 0.426. The number of nitrogens with two attached hydrogens (primary N) is 1. The summed E-state index contributed by atoms with van der Waals surface area (Å²) in [5.41, 5.74) is 6.31. The summed E-state index contributed by atoms with van der Waals surface area (Å²) < 4.78 is 73.1. The van der Waals surface area contributed by atoms with E-state index in [1.165, 1.54) is 11.9 Å². The molecule has 180 valence electrons. The number of ether oxygens (including phenoxy) is 1. The Bertz CT molecular complexity index is 932. The number of hydrogen-bond donors (Lipinski definition) is 1. The minimum atomic E-state index is -3.60. The zero-order valence-electron chi connectivity index (χ0n) is 18.3. The van der Waals surface area contributed by atoms with Crippen molar-refractivity contribution in [1.82, 2.24) is 9.21 Å². The van der Waals surface area contributed by atoms with E-state index in [0.717, 1.165) is 6.07 Å². The van der Waals surface area contributed by atoms with Gasteiger partial charge in [0.05, 0.1) is 12.4 Å². The van der Waals surface area contributed by atoms with Gasteiger partial charge in [-0.25, -0.2) is 26.4 Å². The van der Waals surface area contributed by atoms with Crippen molar-refractivity contribution in [3.63, 3.8) is 0 Å². The van der Waals surface area contributed by atoms with Crippen LogP contribution in [0.5, 0.6) is 0 Å². The first kappa shape index (κ1) is 24.8. The van der Waals surface area contributed by atoms with E-state index in [1.807, 2.05) is 0 Å². The van der Waals surface area contributed by atoms with E-state index in [1.54, 1.807) is 11.2 Å². The number of hydrogen-bond acceptors (Lipinski definition) is 5. The molecule has 1 amide bonds.